The van der Waals surface area contributed by atoms with Crippen molar-refractivity contribution < 1.29 is 14.6 Å². The molecule has 0 radical (unpaired) electrons. The first-order valence-corrected chi connectivity index (χ1v) is 8.87. The number of halogens is 2. The van der Waals surface area contributed by atoms with E-state index in [9.17, 15) is 15.2 Å². The number of aromatic hydroxyl groups is 1. The normalized spacial score (nSPS) is 10.9. The molecule has 0 aromatic heterocycles. The van der Waals surface area contributed by atoms with E-state index >= 15 is 0 Å². The Morgan fingerprint density at radius 2 is 2.00 bits per heavy atom. The van der Waals surface area contributed by atoms with E-state index < -0.39 is 5.91 Å². The average Bonchev–Trinajstić information content (AvgIpc) is 2.58. The Balaban J connectivity index is 2.23. The van der Waals surface area contributed by atoms with E-state index in [2.05, 4.69) is 37.2 Å². The number of phenols is 1. The van der Waals surface area contributed by atoms with Crippen LogP contribution in [0, 0.1) is 11.3 Å². The van der Waals surface area contributed by atoms with Crippen LogP contribution in [0.25, 0.3) is 6.08 Å². The zero-order valence-corrected chi connectivity index (χ0v) is 16.4. The molecule has 0 unspecified atom stereocenters. The molecule has 0 spiro atoms. The molecule has 7 heteroatoms. The third kappa shape index (κ3) is 5.08. The number of phenolic OH excluding ortho intramolecular Hbond substituents is 1. The molecule has 0 fully saturated rings. The number of anilines is 1. The minimum Gasteiger partial charge on any atom is -0.506 e. The van der Waals surface area contributed by atoms with Crippen molar-refractivity contribution in [2.24, 2.45) is 0 Å². The predicted molar refractivity (Wildman–Crippen MR) is 103 cm³/mol. The van der Waals surface area contributed by atoms with E-state index in [0.717, 1.165) is 0 Å². The van der Waals surface area contributed by atoms with Crippen molar-refractivity contribution in [1.82, 2.24) is 0 Å². The van der Waals surface area contributed by atoms with Crippen molar-refractivity contribution in [3.05, 3.63) is 56.5 Å². The number of hydrogen-bond acceptors (Lipinski definition) is 4. The zero-order valence-electron chi connectivity index (χ0n) is 13.2. The van der Waals surface area contributed by atoms with Crippen LogP contribution in [-0.4, -0.2) is 17.6 Å². The summed E-state index contributed by atoms with van der Waals surface area (Å²) in [6, 6.07) is 12.0. The van der Waals surface area contributed by atoms with Crippen LogP contribution in [0.2, 0.25) is 0 Å². The second kappa shape index (κ2) is 8.70. The van der Waals surface area contributed by atoms with Gasteiger partial charge in [0.2, 0.25) is 0 Å². The molecule has 2 rings (SSSR count). The number of hydrogen-bond donors (Lipinski definition) is 2. The maximum atomic E-state index is 12.3. The summed E-state index contributed by atoms with van der Waals surface area (Å²) in [6.07, 6.45) is 1.33. The summed E-state index contributed by atoms with van der Waals surface area (Å²) in [4.78, 5) is 12.3. The highest BCUT2D eigenvalue weighted by Gasteiger charge is 2.13. The molecule has 2 aromatic carbocycles. The van der Waals surface area contributed by atoms with Crippen molar-refractivity contribution in [3.8, 4) is 17.6 Å². The number of nitrogens with zero attached hydrogens (tertiary/aromatic N) is 1. The maximum absolute atomic E-state index is 12.3. The molecule has 1 amide bonds. The van der Waals surface area contributed by atoms with Crippen LogP contribution in [0.4, 0.5) is 5.69 Å². The average molecular weight is 466 g/mol. The standard InChI is InChI=1S/C18H14Br2N2O3/c1-2-25-15-5-3-14(4-6-15)22-18(24)12(10-21)7-11-8-13(19)9-16(20)17(11)23/h3-9,23H,2H2,1H3,(H,22,24). The Labute approximate surface area is 162 Å². The van der Waals surface area contributed by atoms with E-state index in [1.165, 1.54) is 6.08 Å². The summed E-state index contributed by atoms with van der Waals surface area (Å²) in [5.74, 6) is 0.0763. The summed E-state index contributed by atoms with van der Waals surface area (Å²) in [5, 5.41) is 22.0. The summed E-state index contributed by atoms with van der Waals surface area (Å²) < 4.78 is 6.49. The second-order valence-electron chi connectivity index (χ2n) is 4.91. The number of carbonyl (C=O) groups excluding carboxylic acids is 1. The smallest absolute Gasteiger partial charge is 0.266 e. The number of rotatable bonds is 5. The molecule has 0 aliphatic heterocycles. The predicted octanol–water partition coefficient (Wildman–Crippen LogP) is 4.86. The molecule has 0 saturated heterocycles. The van der Waals surface area contributed by atoms with Gasteiger partial charge in [-0.25, -0.2) is 0 Å². The SMILES string of the molecule is CCOc1ccc(NC(=O)C(C#N)=Cc2cc(Br)cc(Br)c2O)cc1. The van der Waals surface area contributed by atoms with Crippen LogP contribution in [0.5, 0.6) is 11.5 Å². The molecule has 0 heterocycles. The Kier molecular flexibility index (Phi) is 6.62. The van der Waals surface area contributed by atoms with Crippen LogP contribution >= 0.6 is 31.9 Å². The quantitative estimate of drug-likeness (QED) is 0.487. The van der Waals surface area contributed by atoms with Gasteiger partial charge >= 0.3 is 0 Å². The van der Waals surface area contributed by atoms with Gasteiger partial charge in [-0.3, -0.25) is 4.79 Å². The van der Waals surface area contributed by atoms with Crippen molar-refractivity contribution >= 4 is 49.5 Å². The lowest BCUT2D eigenvalue weighted by Crippen LogP contribution is -2.13. The number of amides is 1. The fraction of sp³-hybridized carbons (Fsp3) is 0.111. The lowest BCUT2D eigenvalue weighted by atomic mass is 10.1. The van der Waals surface area contributed by atoms with Gasteiger partial charge in [-0.2, -0.15) is 5.26 Å². The van der Waals surface area contributed by atoms with Gasteiger partial charge in [0, 0.05) is 15.7 Å². The lowest BCUT2D eigenvalue weighted by molar-refractivity contribution is -0.112. The first kappa shape index (κ1) is 19.0. The molecule has 25 heavy (non-hydrogen) atoms. The molecular formula is C18H14Br2N2O3. The molecule has 128 valence electrons. The zero-order chi connectivity index (χ0) is 18.4. The van der Waals surface area contributed by atoms with Crippen LogP contribution in [-0.2, 0) is 4.79 Å². The number of carbonyl (C=O) groups is 1. The number of ether oxygens (including phenoxy) is 1. The van der Waals surface area contributed by atoms with Crippen molar-refractivity contribution in [2.75, 3.05) is 11.9 Å². The van der Waals surface area contributed by atoms with Crippen LogP contribution in [0.15, 0.2) is 50.9 Å². The van der Waals surface area contributed by atoms with Crippen LogP contribution < -0.4 is 10.1 Å². The van der Waals surface area contributed by atoms with Gasteiger partial charge < -0.3 is 15.2 Å². The Morgan fingerprint density at radius 1 is 1.32 bits per heavy atom. The molecule has 5 nitrogen and oxygen atoms in total. The third-order valence-electron chi connectivity index (χ3n) is 3.15. The summed E-state index contributed by atoms with van der Waals surface area (Å²) in [7, 11) is 0. The number of benzene rings is 2. The Hall–Kier alpha value is -2.30. The van der Waals surface area contributed by atoms with Gasteiger partial charge in [-0.05, 0) is 65.3 Å². The molecule has 2 N–H and O–H groups in total. The fourth-order valence-corrected chi connectivity index (χ4v) is 3.26. The van der Waals surface area contributed by atoms with Crippen LogP contribution in [0.1, 0.15) is 12.5 Å². The Bertz CT molecular complexity index is 856. The highest BCUT2D eigenvalue weighted by molar-refractivity contribution is 9.11. The largest absolute Gasteiger partial charge is 0.506 e. The van der Waals surface area contributed by atoms with Gasteiger partial charge in [0.05, 0.1) is 11.1 Å². The highest BCUT2D eigenvalue weighted by Crippen LogP contribution is 2.33. The Morgan fingerprint density at radius 3 is 2.60 bits per heavy atom. The number of nitrogens with one attached hydrogen (secondary N) is 1. The van der Waals surface area contributed by atoms with E-state index in [0.29, 0.717) is 32.6 Å². The lowest BCUT2D eigenvalue weighted by Gasteiger charge is -2.07. The van der Waals surface area contributed by atoms with Crippen molar-refractivity contribution in [3.63, 3.8) is 0 Å². The molecule has 2 aromatic rings. The number of nitriles is 1. The van der Waals surface area contributed by atoms with E-state index in [1.807, 2.05) is 13.0 Å². The van der Waals surface area contributed by atoms with E-state index in [1.54, 1.807) is 36.4 Å². The van der Waals surface area contributed by atoms with Gasteiger partial charge in [-0.15, -0.1) is 0 Å². The first-order chi connectivity index (χ1) is 11.9. The molecular weight excluding hydrogens is 452 g/mol. The highest BCUT2D eigenvalue weighted by atomic mass is 79.9. The van der Waals surface area contributed by atoms with Crippen molar-refractivity contribution in [1.29, 1.82) is 5.26 Å². The topological polar surface area (TPSA) is 82.3 Å². The molecule has 0 aliphatic carbocycles. The summed E-state index contributed by atoms with van der Waals surface area (Å²) in [5.41, 5.74) is 0.753. The van der Waals surface area contributed by atoms with E-state index in [4.69, 9.17) is 4.74 Å². The molecule has 0 bridgehead atoms. The van der Waals surface area contributed by atoms with Gasteiger partial charge in [0.25, 0.3) is 5.91 Å². The first-order valence-electron chi connectivity index (χ1n) is 7.28. The molecule has 0 atom stereocenters. The minimum atomic E-state index is -0.567. The summed E-state index contributed by atoms with van der Waals surface area (Å²) >= 11 is 6.52. The van der Waals surface area contributed by atoms with Crippen molar-refractivity contribution in [2.45, 2.75) is 6.92 Å². The van der Waals surface area contributed by atoms with Crippen LogP contribution in [0.3, 0.4) is 0 Å². The van der Waals surface area contributed by atoms with Gasteiger partial charge in [0.15, 0.2) is 0 Å². The third-order valence-corrected chi connectivity index (χ3v) is 4.21. The second-order valence-corrected chi connectivity index (χ2v) is 6.68. The van der Waals surface area contributed by atoms with Gasteiger partial charge in [0.1, 0.15) is 23.1 Å². The minimum absolute atomic E-state index is 0.0511. The maximum Gasteiger partial charge on any atom is 0.266 e. The molecule has 0 saturated carbocycles. The fourth-order valence-electron chi connectivity index (χ4n) is 2.00. The van der Waals surface area contributed by atoms with E-state index in [-0.39, 0.29) is 11.3 Å². The van der Waals surface area contributed by atoms with Gasteiger partial charge in [-0.1, -0.05) is 15.9 Å². The monoisotopic (exact) mass is 464 g/mol. The molecule has 0 aliphatic rings. The summed E-state index contributed by atoms with van der Waals surface area (Å²) in [6.45, 7) is 2.44.